The average molecular weight is 249 g/mol. The molecule has 0 fully saturated rings. The van der Waals surface area contributed by atoms with E-state index in [1.165, 1.54) is 11.3 Å². The number of carbonyl (C=O) groups is 1. The van der Waals surface area contributed by atoms with E-state index in [0.717, 1.165) is 16.1 Å². The number of rotatable bonds is 5. The molecular formula is C8H11NO4S2. The molecule has 1 aromatic rings. The second-order valence-corrected chi connectivity index (χ2v) is 5.82. The van der Waals surface area contributed by atoms with Crippen LogP contribution in [0.4, 0.5) is 0 Å². The van der Waals surface area contributed by atoms with E-state index in [4.69, 9.17) is 5.11 Å². The van der Waals surface area contributed by atoms with Crippen molar-refractivity contribution in [1.29, 1.82) is 0 Å². The summed E-state index contributed by atoms with van der Waals surface area (Å²) in [5, 5.41) is 12.2. The highest BCUT2D eigenvalue weighted by Gasteiger charge is 2.19. The fourth-order valence-corrected chi connectivity index (χ4v) is 2.42. The number of thiophene rings is 1. The van der Waals surface area contributed by atoms with Gasteiger partial charge in [0, 0.05) is 6.54 Å². The summed E-state index contributed by atoms with van der Waals surface area (Å²) in [6, 6.07) is 1.77. The summed E-state index contributed by atoms with van der Waals surface area (Å²) in [7, 11) is -3.48. The summed E-state index contributed by atoms with van der Waals surface area (Å²) in [6.07, 6.45) is 1.00. The molecule has 0 aliphatic heterocycles. The Morgan fingerprint density at radius 3 is 2.67 bits per heavy atom. The van der Waals surface area contributed by atoms with Gasteiger partial charge in [0.1, 0.15) is 6.54 Å². The number of hydrogen-bond donors (Lipinski definition) is 1. The first-order chi connectivity index (χ1) is 6.89. The molecule has 0 aromatic carbocycles. The molecule has 0 saturated carbocycles. The number of hydrogen-bond acceptors (Lipinski definition) is 4. The van der Waals surface area contributed by atoms with Gasteiger partial charge in [-0.3, -0.25) is 4.79 Å². The number of aliphatic carboxylic acids is 1. The molecule has 0 spiro atoms. The number of carboxylic acid groups (broad SMARTS) is 1. The summed E-state index contributed by atoms with van der Waals surface area (Å²) in [5.41, 5.74) is 0.798. The highest BCUT2D eigenvalue weighted by Crippen LogP contribution is 2.11. The predicted molar refractivity (Wildman–Crippen MR) is 57.2 cm³/mol. The zero-order chi connectivity index (χ0) is 11.5. The van der Waals surface area contributed by atoms with Crippen LogP contribution in [0.5, 0.6) is 0 Å². The van der Waals surface area contributed by atoms with Gasteiger partial charge in [-0.05, 0) is 22.4 Å². The van der Waals surface area contributed by atoms with Crippen LogP contribution in [0.2, 0.25) is 0 Å². The Bertz CT molecular complexity index is 424. The number of sulfonamides is 1. The molecule has 7 heteroatoms. The molecule has 0 aliphatic carbocycles. The van der Waals surface area contributed by atoms with Crippen LogP contribution in [-0.4, -0.2) is 36.6 Å². The molecule has 0 unspecified atom stereocenters. The molecule has 84 valence electrons. The molecule has 0 atom stereocenters. The Morgan fingerprint density at radius 2 is 2.27 bits per heavy atom. The average Bonchev–Trinajstić information content (AvgIpc) is 2.53. The lowest BCUT2D eigenvalue weighted by Gasteiger charge is -2.16. The van der Waals surface area contributed by atoms with Crippen molar-refractivity contribution in [3.63, 3.8) is 0 Å². The fraction of sp³-hybridized carbons (Fsp3) is 0.375. The SMILES string of the molecule is CS(=O)(=O)N(CC(=O)O)Cc1ccsc1. The zero-order valence-electron chi connectivity index (χ0n) is 8.08. The summed E-state index contributed by atoms with van der Waals surface area (Å²) in [5.74, 6) is -1.16. The minimum absolute atomic E-state index is 0.106. The van der Waals surface area contributed by atoms with Gasteiger partial charge in [0.05, 0.1) is 6.26 Å². The fourth-order valence-electron chi connectivity index (χ4n) is 1.03. The van der Waals surface area contributed by atoms with Crippen LogP contribution in [-0.2, 0) is 21.4 Å². The Balaban J connectivity index is 2.79. The standard InChI is InChI=1S/C8H11NO4S2/c1-15(12,13)9(5-8(10)11)4-7-2-3-14-6-7/h2-3,6H,4-5H2,1H3,(H,10,11). The maximum Gasteiger partial charge on any atom is 0.318 e. The van der Waals surface area contributed by atoms with Gasteiger partial charge < -0.3 is 5.11 Å². The number of nitrogens with zero attached hydrogens (tertiary/aromatic N) is 1. The smallest absolute Gasteiger partial charge is 0.318 e. The van der Waals surface area contributed by atoms with Gasteiger partial charge in [-0.15, -0.1) is 0 Å². The Kier molecular flexibility index (Phi) is 3.83. The van der Waals surface area contributed by atoms with Crippen LogP contribution in [0, 0.1) is 0 Å². The first kappa shape index (κ1) is 12.2. The molecule has 0 aliphatic rings. The van der Waals surface area contributed by atoms with Crippen molar-refractivity contribution >= 4 is 27.3 Å². The third-order valence-corrected chi connectivity index (χ3v) is 3.65. The van der Waals surface area contributed by atoms with E-state index >= 15 is 0 Å². The van der Waals surface area contributed by atoms with E-state index in [1.807, 2.05) is 5.38 Å². The van der Waals surface area contributed by atoms with Gasteiger partial charge in [-0.2, -0.15) is 15.6 Å². The molecule has 1 aromatic heterocycles. The highest BCUT2D eigenvalue weighted by molar-refractivity contribution is 7.88. The van der Waals surface area contributed by atoms with E-state index in [-0.39, 0.29) is 6.54 Å². The summed E-state index contributed by atoms with van der Waals surface area (Å²) >= 11 is 1.44. The minimum atomic E-state index is -3.48. The molecule has 5 nitrogen and oxygen atoms in total. The molecular weight excluding hydrogens is 238 g/mol. The molecule has 0 bridgehead atoms. The van der Waals surface area contributed by atoms with Crippen LogP contribution < -0.4 is 0 Å². The van der Waals surface area contributed by atoms with Gasteiger partial charge in [0.25, 0.3) is 0 Å². The van der Waals surface area contributed by atoms with Crippen molar-refractivity contribution in [1.82, 2.24) is 4.31 Å². The van der Waals surface area contributed by atoms with E-state index in [9.17, 15) is 13.2 Å². The van der Waals surface area contributed by atoms with Gasteiger partial charge in [0.15, 0.2) is 0 Å². The maximum absolute atomic E-state index is 11.3. The van der Waals surface area contributed by atoms with E-state index in [1.54, 1.807) is 11.4 Å². The first-order valence-electron chi connectivity index (χ1n) is 4.07. The summed E-state index contributed by atoms with van der Waals surface area (Å²) in [4.78, 5) is 10.5. The first-order valence-corrected chi connectivity index (χ1v) is 6.86. The predicted octanol–water partition coefficient (Wildman–Crippen LogP) is 0.594. The molecule has 1 rings (SSSR count). The summed E-state index contributed by atoms with van der Waals surface area (Å²) in [6.45, 7) is -0.399. The van der Waals surface area contributed by atoms with Crippen LogP contribution >= 0.6 is 11.3 Å². The second-order valence-electron chi connectivity index (χ2n) is 3.06. The lowest BCUT2D eigenvalue weighted by molar-refractivity contribution is -0.137. The third-order valence-electron chi connectivity index (χ3n) is 1.72. The van der Waals surface area contributed by atoms with Crippen LogP contribution in [0.15, 0.2) is 16.8 Å². The topological polar surface area (TPSA) is 74.7 Å². The van der Waals surface area contributed by atoms with Gasteiger partial charge >= 0.3 is 5.97 Å². The van der Waals surface area contributed by atoms with Crippen molar-refractivity contribution in [2.24, 2.45) is 0 Å². The monoisotopic (exact) mass is 249 g/mol. The third kappa shape index (κ3) is 3.98. The summed E-state index contributed by atoms with van der Waals surface area (Å²) < 4.78 is 23.4. The van der Waals surface area contributed by atoms with Crippen molar-refractivity contribution in [2.45, 2.75) is 6.54 Å². The highest BCUT2D eigenvalue weighted by atomic mass is 32.2. The van der Waals surface area contributed by atoms with Crippen molar-refractivity contribution in [3.05, 3.63) is 22.4 Å². The molecule has 1 heterocycles. The van der Waals surface area contributed by atoms with Crippen molar-refractivity contribution < 1.29 is 18.3 Å². The van der Waals surface area contributed by atoms with Crippen molar-refractivity contribution in [2.75, 3.05) is 12.8 Å². The largest absolute Gasteiger partial charge is 0.480 e. The van der Waals surface area contributed by atoms with Crippen molar-refractivity contribution in [3.8, 4) is 0 Å². The minimum Gasteiger partial charge on any atom is -0.480 e. The molecule has 15 heavy (non-hydrogen) atoms. The molecule has 0 amide bonds. The lowest BCUT2D eigenvalue weighted by Crippen LogP contribution is -2.34. The molecule has 0 radical (unpaired) electrons. The Hall–Kier alpha value is -0.920. The van der Waals surface area contributed by atoms with E-state index in [2.05, 4.69) is 0 Å². The quantitative estimate of drug-likeness (QED) is 0.829. The molecule has 0 saturated heterocycles. The van der Waals surface area contributed by atoms with Gasteiger partial charge in [-0.1, -0.05) is 0 Å². The van der Waals surface area contributed by atoms with Crippen LogP contribution in [0.1, 0.15) is 5.56 Å². The zero-order valence-corrected chi connectivity index (χ0v) is 9.71. The number of carboxylic acids is 1. The van der Waals surface area contributed by atoms with Crippen LogP contribution in [0.25, 0.3) is 0 Å². The maximum atomic E-state index is 11.3. The lowest BCUT2D eigenvalue weighted by atomic mass is 10.3. The van der Waals surface area contributed by atoms with Gasteiger partial charge in [0.2, 0.25) is 10.0 Å². The Morgan fingerprint density at radius 1 is 1.60 bits per heavy atom. The van der Waals surface area contributed by atoms with Gasteiger partial charge in [-0.25, -0.2) is 8.42 Å². The second kappa shape index (κ2) is 4.73. The Labute approximate surface area is 92.0 Å². The van der Waals surface area contributed by atoms with E-state index < -0.39 is 22.5 Å². The van der Waals surface area contributed by atoms with Crippen LogP contribution in [0.3, 0.4) is 0 Å². The normalized spacial score (nSPS) is 11.9. The molecule has 1 N–H and O–H groups in total. The van der Waals surface area contributed by atoms with E-state index in [0.29, 0.717) is 0 Å².